The Balaban J connectivity index is 2.51. The van der Waals surface area contributed by atoms with Gasteiger partial charge in [0.15, 0.2) is 0 Å². The predicted molar refractivity (Wildman–Crippen MR) is 44.8 cm³/mol. The summed E-state index contributed by atoms with van der Waals surface area (Å²) in [5, 5.41) is 0. The van der Waals surface area contributed by atoms with E-state index in [0.717, 1.165) is 0 Å². The van der Waals surface area contributed by atoms with Crippen LogP contribution < -0.4 is 0 Å². The van der Waals surface area contributed by atoms with Crippen LogP contribution in [0.4, 0.5) is 0 Å². The lowest BCUT2D eigenvalue weighted by Crippen LogP contribution is -2.57. The lowest BCUT2D eigenvalue weighted by molar-refractivity contribution is -0.211. The van der Waals surface area contributed by atoms with Gasteiger partial charge in [-0.2, -0.15) is 0 Å². The quantitative estimate of drug-likeness (QED) is 0.477. The monoisotopic (exact) mass is 184 g/mol. The van der Waals surface area contributed by atoms with Gasteiger partial charge in [-0.1, -0.05) is 12.7 Å². The molecule has 13 heavy (non-hydrogen) atoms. The van der Waals surface area contributed by atoms with Crippen molar-refractivity contribution in [2.24, 2.45) is 5.41 Å². The Kier molecular flexibility index (Phi) is 2.40. The second kappa shape index (κ2) is 3.20. The highest BCUT2D eigenvalue weighted by atomic mass is 16.6. The highest BCUT2D eigenvalue weighted by molar-refractivity contribution is 5.94. The van der Waals surface area contributed by atoms with Crippen molar-refractivity contribution in [2.75, 3.05) is 6.61 Å². The number of carbonyl (C=O) groups is 2. The molecular formula is C9H12O4. The molecule has 1 aliphatic rings. The maximum atomic E-state index is 11.2. The molecule has 0 bridgehead atoms. The first-order valence-corrected chi connectivity index (χ1v) is 3.98. The van der Waals surface area contributed by atoms with Crippen LogP contribution in [-0.4, -0.2) is 24.6 Å². The lowest BCUT2D eigenvalue weighted by atomic mass is 9.81. The Labute approximate surface area is 76.5 Å². The minimum Gasteiger partial charge on any atom is -0.459 e. The van der Waals surface area contributed by atoms with E-state index >= 15 is 0 Å². The van der Waals surface area contributed by atoms with Gasteiger partial charge in [0.2, 0.25) is 6.10 Å². The summed E-state index contributed by atoms with van der Waals surface area (Å²) in [4.78, 5) is 22.1. The summed E-state index contributed by atoms with van der Waals surface area (Å²) < 4.78 is 9.41. The van der Waals surface area contributed by atoms with Crippen LogP contribution in [0.25, 0.3) is 0 Å². The van der Waals surface area contributed by atoms with E-state index in [0.29, 0.717) is 0 Å². The van der Waals surface area contributed by atoms with E-state index in [2.05, 4.69) is 11.3 Å². The first-order valence-electron chi connectivity index (χ1n) is 3.98. The maximum Gasteiger partial charge on any atom is 0.348 e. The molecule has 0 amide bonds. The number of cyclic esters (lactones) is 1. The first-order chi connectivity index (χ1) is 6.00. The van der Waals surface area contributed by atoms with Gasteiger partial charge < -0.3 is 9.47 Å². The van der Waals surface area contributed by atoms with Gasteiger partial charge in [-0.05, 0) is 13.8 Å². The zero-order chi connectivity index (χ0) is 10.1. The molecule has 1 heterocycles. The van der Waals surface area contributed by atoms with Crippen LogP contribution in [0.2, 0.25) is 0 Å². The molecule has 1 atom stereocenters. The molecule has 0 radical (unpaired) electrons. The van der Waals surface area contributed by atoms with E-state index in [9.17, 15) is 9.59 Å². The first kappa shape index (κ1) is 9.77. The average Bonchev–Trinajstić information content (AvgIpc) is 2.10. The highest BCUT2D eigenvalue weighted by Gasteiger charge is 2.55. The van der Waals surface area contributed by atoms with Crippen LogP contribution >= 0.6 is 0 Å². The number of ether oxygens (including phenoxy) is 2. The van der Waals surface area contributed by atoms with E-state index < -0.39 is 17.5 Å². The Morgan fingerprint density at radius 3 is 2.77 bits per heavy atom. The summed E-state index contributed by atoms with van der Waals surface area (Å²) >= 11 is 0. The van der Waals surface area contributed by atoms with Crippen molar-refractivity contribution >= 4 is 11.9 Å². The molecule has 0 aromatic heterocycles. The molecule has 4 nitrogen and oxygen atoms in total. The van der Waals surface area contributed by atoms with Crippen LogP contribution in [0.5, 0.6) is 0 Å². The second-order valence-electron chi connectivity index (χ2n) is 3.43. The average molecular weight is 184 g/mol. The van der Waals surface area contributed by atoms with Gasteiger partial charge in [0.05, 0.1) is 0 Å². The Morgan fingerprint density at radius 2 is 2.38 bits per heavy atom. The summed E-state index contributed by atoms with van der Waals surface area (Å²) in [6, 6.07) is 0. The summed E-state index contributed by atoms with van der Waals surface area (Å²) in [5.41, 5.74) is -0.752. The smallest absolute Gasteiger partial charge is 0.348 e. The lowest BCUT2D eigenvalue weighted by Gasteiger charge is -2.39. The molecule has 0 saturated carbocycles. The summed E-state index contributed by atoms with van der Waals surface area (Å²) in [6.07, 6.45) is 0.700. The number of rotatable bonds is 3. The Bertz CT molecular complexity index is 254. The van der Waals surface area contributed by atoms with Gasteiger partial charge in [0.1, 0.15) is 12.0 Å². The van der Waals surface area contributed by atoms with E-state index in [1.165, 1.54) is 6.08 Å². The SMILES string of the molecule is C=CCOC(=O)[C@@H]1OC(=O)C1(C)C. The third kappa shape index (κ3) is 1.56. The molecule has 0 aliphatic carbocycles. The van der Waals surface area contributed by atoms with Crippen LogP contribution in [0, 0.1) is 5.41 Å². The minimum absolute atomic E-state index is 0.142. The van der Waals surface area contributed by atoms with Crippen molar-refractivity contribution in [3.8, 4) is 0 Å². The summed E-state index contributed by atoms with van der Waals surface area (Å²) in [5.74, 6) is -0.877. The molecule has 0 unspecified atom stereocenters. The zero-order valence-electron chi connectivity index (χ0n) is 7.70. The third-order valence-electron chi connectivity index (χ3n) is 1.96. The van der Waals surface area contributed by atoms with Gasteiger partial charge in [-0.25, -0.2) is 4.79 Å². The van der Waals surface area contributed by atoms with Crippen molar-refractivity contribution in [2.45, 2.75) is 20.0 Å². The fourth-order valence-corrected chi connectivity index (χ4v) is 1.01. The van der Waals surface area contributed by atoms with Crippen LogP contribution in [0.15, 0.2) is 12.7 Å². The molecule has 1 saturated heterocycles. The molecule has 1 rings (SSSR count). The van der Waals surface area contributed by atoms with Gasteiger partial charge in [0, 0.05) is 0 Å². The van der Waals surface area contributed by atoms with E-state index in [1.54, 1.807) is 13.8 Å². The van der Waals surface area contributed by atoms with Crippen molar-refractivity contribution < 1.29 is 19.1 Å². The van der Waals surface area contributed by atoms with Crippen molar-refractivity contribution in [3.05, 3.63) is 12.7 Å². The molecule has 4 heteroatoms. The van der Waals surface area contributed by atoms with Crippen molar-refractivity contribution in [3.63, 3.8) is 0 Å². The molecule has 0 aromatic rings. The van der Waals surface area contributed by atoms with Crippen LogP contribution in [-0.2, 0) is 19.1 Å². The van der Waals surface area contributed by atoms with Gasteiger partial charge >= 0.3 is 11.9 Å². The fourth-order valence-electron chi connectivity index (χ4n) is 1.01. The largest absolute Gasteiger partial charge is 0.459 e. The molecule has 0 aromatic carbocycles. The zero-order valence-corrected chi connectivity index (χ0v) is 7.70. The second-order valence-corrected chi connectivity index (χ2v) is 3.43. The van der Waals surface area contributed by atoms with E-state index in [4.69, 9.17) is 4.74 Å². The number of hydrogen-bond donors (Lipinski definition) is 0. The van der Waals surface area contributed by atoms with Gasteiger partial charge in [-0.15, -0.1) is 0 Å². The third-order valence-corrected chi connectivity index (χ3v) is 1.96. The molecule has 1 fully saturated rings. The summed E-state index contributed by atoms with van der Waals surface area (Å²) in [7, 11) is 0. The molecule has 0 spiro atoms. The fraction of sp³-hybridized carbons (Fsp3) is 0.556. The summed E-state index contributed by atoms with van der Waals surface area (Å²) in [6.45, 7) is 6.85. The number of hydrogen-bond acceptors (Lipinski definition) is 4. The van der Waals surface area contributed by atoms with E-state index in [-0.39, 0.29) is 12.6 Å². The number of esters is 2. The molecule has 0 N–H and O–H groups in total. The standard InChI is InChI=1S/C9H12O4/c1-4-5-12-7(10)6-9(2,3)8(11)13-6/h4,6H,1,5H2,2-3H3/t6-/m0/s1. The van der Waals surface area contributed by atoms with Crippen molar-refractivity contribution in [1.29, 1.82) is 0 Å². The van der Waals surface area contributed by atoms with E-state index in [1.807, 2.05) is 0 Å². The van der Waals surface area contributed by atoms with Gasteiger partial charge in [0.25, 0.3) is 0 Å². The van der Waals surface area contributed by atoms with Gasteiger partial charge in [-0.3, -0.25) is 4.79 Å². The topological polar surface area (TPSA) is 52.6 Å². The maximum absolute atomic E-state index is 11.2. The predicted octanol–water partition coefficient (Wildman–Crippen LogP) is 0.667. The normalized spacial score (nSPS) is 24.2. The molecule has 1 aliphatic heterocycles. The Morgan fingerprint density at radius 1 is 1.77 bits per heavy atom. The molecule has 72 valence electrons. The minimum atomic E-state index is -0.764. The highest BCUT2D eigenvalue weighted by Crippen LogP contribution is 2.35. The Hall–Kier alpha value is -1.32. The number of carbonyl (C=O) groups excluding carboxylic acids is 2. The molecular weight excluding hydrogens is 172 g/mol. The van der Waals surface area contributed by atoms with Crippen LogP contribution in [0.1, 0.15) is 13.8 Å². The van der Waals surface area contributed by atoms with Crippen molar-refractivity contribution in [1.82, 2.24) is 0 Å². The van der Waals surface area contributed by atoms with Crippen LogP contribution in [0.3, 0.4) is 0 Å².